The first-order valence-electron chi connectivity index (χ1n) is 4.02. The molecule has 1 unspecified atom stereocenters. The molecule has 0 bridgehead atoms. The normalized spacial score (nSPS) is 17.3. The summed E-state index contributed by atoms with van der Waals surface area (Å²) in [4.78, 5) is 3.36. The van der Waals surface area contributed by atoms with Gasteiger partial charge < -0.3 is 13.2 Å². The third-order valence-electron chi connectivity index (χ3n) is 2.33. The van der Waals surface area contributed by atoms with E-state index in [1.807, 2.05) is 12.1 Å². The van der Waals surface area contributed by atoms with Crippen molar-refractivity contribution in [2.24, 2.45) is 0 Å². The van der Waals surface area contributed by atoms with Gasteiger partial charge in [0.25, 0.3) is 0 Å². The van der Waals surface area contributed by atoms with E-state index in [-0.39, 0.29) is 46.2 Å². The van der Waals surface area contributed by atoms with Crippen molar-refractivity contribution < 1.29 is 32.7 Å². The van der Waals surface area contributed by atoms with Crippen LogP contribution < -0.4 is 0 Å². The van der Waals surface area contributed by atoms with Crippen LogP contribution in [0, 0.1) is 14.0 Å². The fourth-order valence-electron chi connectivity index (χ4n) is 1.67. The zero-order chi connectivity index (χ0) is 8.55. The molecule has 0 saturated carbocycles. The Hall–Kier alpha value is -0.226. The second-order valence-corrected chi connectivity index (χ2v) is 3.09. The van der Waals surface area contributed by atoms with Gasteiger partial charge in [-0.1, -0.05) is 35.7 Å². The predicted octanol–water partition coefficient (Wildman–Crippen LogP) is 3.72. The van der Waals surface area contributed by atoms with Gasteiger partial charge in [0, 0.05) is 32.7 Å². The van der Waals surface area contributed by atoms with Crippen LogP contribution in [0.15, 0.2) is 18.2 Å². The van der Waals surface area contributed by atoms with Crippen LogP contribution in [0.1, 0.15) is 23.6 Å². The van der Waals surface area contributed by atoms with E-state index in [9.17, 15) is 0 Å². The number of nitrogens with zero attached hydrogens (tertiary/aromatic N) is 1. The topological polar surface area (TPSA) is 28.2 Å². The van der Waals surface area contributed by atoms with Crippen LogP contribution in [-0.2, 0) is 39.1 Å². The van der Waals surface area contributed by atoms with Gasteiger partial charge in [0.1, 0.15) is 0 Å². The number of aryl methyl sites for hydroxylation is 1. The molecule has 3 heteroatoms. The molecule has 1 atom stereocenters. The summed E-state index contributed by atoms with van der Waals surface area (Å²) in [6, 6.07) is 5.59. The van der Waals surface area contributed by atoms with E-state index in [2.05, 4.69) is 4.85 Å². The fraction of sp³-hybridized carbons (Fsp3) is 0.273. The van der Waals surface area contributed by atoms with Gasteiger partial charge in [0.15, 0.2) is 5.69 Å². The van der Waals surface area contributed by atoms with Crippen molar-refractivity contribution in [3.8, 4) is 0 Å². The molecule has 0 saturated heterocycles. The molecule has 1 aromatic rings. The van der Waals surface area contributed by atoms with E-state index in [1.54, 1.807) is 6.07 Å². The van der Waals surface area contributed by atoms with Crippen molar-refractivity contribution in [2.45, 2.75) is 18.9 Å². The third-order valence-corrected chi connectivity index (χ3v) is 2.33. The first-order chi connectivity index (χ1) is 5.81. The molecule has 2 rings (SSSR count). The molecule has 71 valence electrons. The van der Waals surface area contributed by atoms with Crippen LogP contribution in [0.3, 0.4) is 0 Å². The summed E-state index contributed by atoms with van der Waals surface area (Å²) in [7, 11) is 0. The maximum Gasteiger partial charge on any atom is 0.187 e. The summed E-state index contributed by atoms with van der Waals surface area (Å²) in [6.07, 6.45) is 1.88. The molecule has 14 heavy (non-hydrogen) atoms. The number of nitrogens with one attached hydrogen (secondary N) is 1. The monoisotopic (exact) mass is 261 g/mol. The predicted molar refractivity (Wildman–Crippen MR) is 54.5 cm³/mol. The van der Waals surface area contributed by atoms with Crippen LogP contribution in [0.25, 0.3) is 10.6 Å². The summed E-state index contributed by atoms with van der Waals surface area (Å²) in [5.41, 5.74) is 10.7. The Kier molecular flexibility index (Phi) is 5.51. The van der Waals surface area contributed by atoms with E-state index >= 15 is 0 Å². The van der Waals surface area contributed by atoms with Crippen LogP contribution in [0.2, 0.25) is 0 Å². The van der Waals surface area contributed by atoms with Gasteiger partial charge in [-0.05, 0) is 6.42 Å². The molecule has 1 aliphatic carbocycles. The second-order valence-electron chi connectivity index (χ2n) is 3.09. The molecule has 1 aromatic carbocycles. The number of hydrogen-bond donors (Lipinski definition) is 0. The van der Waals surface area contributed by atoms with Gasteiger partial charge in [-0.15, -0.1) is 6.04 Å². The van der Waals surface area contributed by atoms with Crippen molar-refractivity contribution in [1.29, 1.82) is 0 Å². The van der Waals surface area contributed by atoms with Gasteiger partial charge in [-0.2, -0.15) is 0 Å². The van der Waals surface area contributed by atoms with E-state index in [4.69, 9.17) is 12.3 Å². The molecule has 0 heterocycles. The minimum atomic E-state index is -0.0558. The summed E-state index contributed by atoms with van der Waals surface area (Å²) >= 11 is 0. The third kappa shape index (κ3) is 2.42. The molecular weight excluding hydrogens is 249 g/mol. The van der Waals surface area contributed by atoms with Gasteiger partial charge in [0.05, 0.1) is 6.57 Å². The maximum atomic E-state index is 7.66. The van der Waals surface area contributed by atoms with Crippen LogP contribution in [0.5, 0.6) is 0 Å². The molecular formula is C11H12N2Y-2. The molecule has 0 fully saturated rings. The minimum Gasteiger partial charge on any atom is -0.671 e. The van der Waals surface area contributed by atoms with Crippen molar-refractivity contribution >= 4 is 5.69 Å². The summed E-state index contributed by atoms with van der Waals surface area (Å²) in [5.74, 6) is 0. The largest absolute Gasteiger partial charge is 0.671 e. The van der Waals surface area contributed by atoms with Crippen molar-refractivity contribution in [1.82, 2.24) is 0 Å². The van der Waals surface area contributed by atoms with Gasteiger partial charge in [0.2, 0.25) is 0 Å². The average Bonchev–Trinajstić information content (AvgIpc) is 2.47. The molecule has 1 aliphatic rings. The van der Waals surface area contributed by atoms with Crippen LogP contribution >= 0.6 is 0 Å². The molecule has 1 N–H and O–H groups in total. The summed E-state index contributed by atoms with van der Waals surface area (Å²) in [6.45, 7) is 6.83. The van der Waals surface area contributed by atoms with Gasteiger partial charge in [-0.3, -0.25) is 0 Å². The Balaban J connectivity index is 0.000000845. The fourth-order valence-corrected chi connectivity index (χ4v) is 1.67. The van der Waals surface area contributed by atoms with Crippen molar-refractivity contribution in [3.63, 3.8) is 0 Å². The molecule has 0 aromatic heterocycles. The molecule has 0 aliphatic heterocycles. The zero-order valence-corrected chi connectivity index (χ0v) is 11.1. The van der Waals surface area contributed by atoms with E-state index in [0.717, 1.165) is 18.4 Å². The smallest absolute Gasteiger partial charge is 0.187 e. The van der Waals surface area contributed by atoms with E-state index in [1.165, 1.54) is 5.56 Å². The SMILES string of the molecule is [C-]#[N+]c1ccc2c(c1)CCC2[NH-].[CH3-].[Y]. The maximum absolute atomic E-state index is 7.66. The number of rotatable bonds is 0. The Morgan fingerprint density at radius 2 is 2.14 bits per heavy atom. The van der Waals surface area contributed by atoms with Crippen molar-refractivity contribution in [2.75, 3.05) is 0 Å². The van der Waals surface area contributed by atoms with Gasteiger partial charge >= 0.3 is 0 Å². The summed E-state index contributed by atoms with van der Waals surface area (Å²) in [5, 5.41) is 0. The Bertz CT molecular complexity index is 355. The minimum absolute atomic E-state index is 0. The first-order valence-corrected chi connectivity index (χ1v) is 4.02. The average molecular weight is 261 g/mol. The zero-order valence-electron chi connectivity index (χ0n) is 8.25. The van der Waals surface area contributed by atoms with Crippen molar-refractivity contribution in [3.05, 3.63) is 53.9 Å². The molecule has 0 spiro atoms. The number of fused-ring (bicyclic) bond motifs is 1. The quantitative estimate of drug-likeness (QED) is 0.637. The first kappa shape index (κ1) is 13.8. The molecule has 0 amide bonds. The second kappa shape index (κ2) is 5.61. The van der Waals surface area contributed by atoms with E-state index < -0.39 is 0 Å². The summed E-state index contributed by atoms with van der Waals surface area (Å²) < 4.78 is 0. The molecule has 1 radical (unpaired) electrons. The van der Waals surface area contributed by atoms with Gasteiger partial charge in [-0.25, -0.2) is 4.85 Å². The molecule has 2 nitrogen and oxygen atoms in total. The standard InChI is InChI=1S/C10H9N2.CH3.Y/c1-12-8-3-4-9-7(6-8)2-5-10(9)11;;/h3-4,6,10-11H,2,5H2;1H3;/q2*-1;. The van der Waals surface area contributed by atoms with E-state index in [0.29, 0.717) is 5.69 Å². The van der Waals surface area contributed by atoms with Crippen LogP contribution in [-0.4, -0.2) is 0 Å². The number of hydrogen-bond acceptors (Lipinski definition) is 0. The van der Waals surface area contributed by atoms with Crippen LogP contribution in [0.4, 0.5) is 5.69 Å². The number of benzene rings is 1. The Morgan fingerprint density at radius 1 is 1.43 bits per heavy atom. The Labute approximate surface area is 111 Å². The Morgan fingerprint density at radius 3 is 2.79 bits per heavy atom.